The molecule has 0 radical (unpaired) electrons. The van der Waals surface area contributed by atoms with Crippen LogP contribution in [0.5, 0.6) is 0 Å². The van der Waals surface area contributed by atoms with Gasteiger partial charge in [0.05, 0.1) is 5.69 Å². The molecule has 2 rings (SSSR count). The molecule has 1 aliphatic rings. The summed E-state index contributed by atoms with van der Waals surface area (Å²) in [6.07, 6.45) is 11.1. The molecule has 19 heavy (non-hydrogen) atoms. The third-order valence-electron chi connectivity index (χ3n) is 4.12. The molecule has 3 heteroatoms. The van der Waals surface area contributed by atoms with E-state index in [4.69, 9.17) is 11.6 Å². The molecule has 0 spiro atoms. The van der Waals surface area contributed by atoms with Crippen molar-refractivity contribution in [1.29, 1.82) is 0 Å². The number of hydrogen-bond acceptors (Lipinski definition) is 2. The van der Waals surface area contributed by atoms with Gasteiger partial charge in [0.15, 0.2) is 5.15 Å². The largest absolute Gasteiger partial charge is 0.380 e. The highest BCUT2D eigenvalue weighted by Gasteiger charge is 2.19. The number of nitrogens with zero attached hydrogens (tertiary/aromatic N) is 1. The highest BCUT2D eigenvalue weighted by atomic mass is 35.5. The topological polar surface area (TPSA) is 24.9 Å². The van der Waals surface area contributed by atoms with Gasteiger partial charge >= 0.3 is 0 Å². The van der Waals surface area contributed by atoms with E-state index in [0.717, 1.165) is 17.2 Å². The van der Waals surface area contributed by atoms with Gasteiger partial charge in [0.1, 0.15) is 0 Å². The summed E-state index contributed by atoms with van der Waals surface area (Å²) in [7, 11) is 0. The standard InChI is InChI=1S/C16H25ClN2/c1-3-5-13-6-4-7-14(9-8-13)19-15-10-12(2)11-18-16(15)17/h10-11,13-14,19H,3-9H2,1-2H3. The third kappa shape index (κ3) is 4.38. The minimum Gasteiger partial charge on any atom is -0.380 e. The van der Waals surface area contributed by atoms with E-state index < -0.39 is 0 Å². The monoisotopic (exact) mass is 280 g/mol. The summed E-state index contributed by atoms with van der Waals surface area (Å²) in [4.78, 5) is 4.21. The van der Waals surface area contributed by atoms with Crippen molar-refractivity contribution in [2.75, 3.05) is 5.32 Å². The van der Waals surface area contributed by atoms with E-state index in [-0.39, 0.29) is 0 Å². The summed E-state index contributed by atoms with van der Waals surface area (Å²) in [5, 5.41) is 4.20. The second-order valence-electron chi connectivity index (χ2n) is 5.86. The van der Waals surface area contributed by atoms with E-state index in [2.05, 4.69) is 30.2 Å². The van der Waals surface area contributed by atoms with Gasteiger partial charge in [-0.3, -0.25) is 0 Å². The average molecular weight is 281 g/mol. The van der Waals surface area contributed by atoms with E-state index in [1.54, 1.807) is 0 Å². The number of hydrogen-bond donors (Lipinski definition) is 1. The first-order valence-electron chi connectivity index (χ1n) is 7.57. The van der Waals surface area contributed by atoms with Crippen LogP contribution >= 0.6 is 11.6 Å². The first-order chi connectivity index (χ1) is 9.19. The summed E-state index contributed by atoms with van der Waals surface area (Å²) in [5.41, 5.74) is 2.16. The Morgan fingerprint density at radius 3 is 2.95 bits per heavy atom. The molecule has 1 aromatic rings. The van der Waals surface area contributed by atoms with E-state index in [0.29, 0.717) is 11.2 Å². The fourth-order valence-electron chi connectivity index (χ4n) is 3.09. The molecule has 0 aliphatic heterocycles. The lowest BCUT2D eigenvalue weighted by molar-refractivity contribution is 0.422. The van der Waals surface area contributed by atoms with Crippen LogP contribution in [0.25, 0.3) is 0 Å². The van der Waals surface area contributed by atoms with Crippen molar-refractivity contribution in [2.45, 2.75) is 64.8 Å². The Morgan fingerprint density at radius 1 is 1.32 bits per heavy atom. The number of anilines is 1. The van der Waals surface area contributed by atoms with E-state index in [1.807, 2.05) is 6.20 Å². The minimum absolute atomic E-state index is 0.558. The predicted molar refractivity (Wildman–Crippen MR) is 82.9 cm³/mol. The van der Waals surface area contributed by atoms with E-state index in [9.17, 15) is 0 Å². The third-order valence-corrected chi connectivity index (χ3v) is 4.42. The second kappa shape index (κ2) is 7.14. The fraction of sp³-hybridized carbons (Fsp3) is 0.688. The predicted octanol–water partition coefficient (Wildman–Crippen LogP) is 5.20. The van der Waals surface area contributed by atoms with Crippen LogP contribution in [0.4, 0.5) is 5.69 Å². The maximum Gasteiger partial charge on any atom is 0.152 e. The van der Waals surface area contributed by atoms with Crippen LogP contribution in [-0.4, -0.2) is 11.0 Å². The van der Waals surface area contributed by atoms with Gasteiger partial charge < -0.3 is 5.32 Å². The lowest BCUT2D eigenvalue weighted by Crippen LogP contribution is -2.19. The van der Waals surface area contributed by atoms with Crippen molar-refractivity contribution >= 4 is 17.3 Å². The zero-order chi connectivity index (χ0) is 13.7. The SMILES string of the molecule is CCCC1CCCC(Nc2cc(C)cnc2Cl)CC1. The van der Waals surface area contributed by atoms with Gasteiger partial charge in [-0.25, -0.2) is 4.98 Å². The highest BCUT2D eigenvalue weighted by Crippen LogP contribution is 2.29. The van der Waals surface area contributed by atoms with Crippen molar-refractivity contribution in [3.63, 3.8) is 0 Å². The molecule has 1 aliphatic carbocycles. The summed E-state index contributed by atoms with van der Waals surface area (Å²) in [6.45, 7) is 4.34. The molecule has 2 unspecified atom stereocenters. The van der Waals surface area contributed by atoms with Crippen molar-refractivity contribution in [1.82, 2.24) is 4.98 Å². The van der Waals surface area contributed by atoms with Crippen molar-refractivity contribution < 1.29 is 0 Å². The summed E-state index contributed by atoms with van der Waals surface area (Å²) < 4.78 is 0. The van der Waals surface area contributed by atoms with E-state index >= 15 is 0 Å². The van der Waals surface area contributed by atoms with Crippen LogP contribution < -0.4 is 5.32 Å². The molecule has 0 bridgehead atoms. The normalized spacial score (nSPS) is 23.9. The molecular formula is C16H25ClN2. The van der Waals surface area contributed by atoms with Crippen LogP contribution in [0.15, 0.2) is 12.3 Å². The minimum atomic E-state index is 0.558. The summed E-state index contributed by atoms with van der Waals surface area (Å²) in [6, 6.07) is 2.66. The van der Waals surface area contributed by atoms with Gasteiger partial charge in [0.2, 0.25) is 0 Å². The number of nitrogens with one attached hydrogen (secondary N) is 1. The second-order valence-corrected chi connectivity index (χ2v) is 6.21. The molecule has 1 fully saturated rings. The number of halogens is 1. The zero-order valence-corrected chi connectivity index (χ0v) is 12.8. The smallest absolute Gasteiger partial charge is 0.152 e. The van der Waals surface area contributed by atoms with E-state index in [1.165, 1.54) is 44.9 Å². The Kier molecular flexibility index (Phi) is 5.50. The van der Waals surface area contributed by atoms with Crippen LogP contribution in [0.3, 0.4) is 0 Å². The first-order valence-corrected chi connectivity index (χ1v) is 7.95. The lowest BCUT2D eigenvalue weighted by atomic mass is 9.95. The summed E-state index contributed by atoms with van der Waals surface area (Å²) >= 11 is 6.16. The lowest BCUT2D eigenvalue weighted by Gasteiger charge is -2.19. The van der Waals surface area contributed by atoms with Gasteiger partial charge in [-0.1, -0.05) is 44.2 Å². The molecular weight excluding hydrogens is 256 g/mol. The average Bonchev–Trinajstić information content (AvgIpc) is 2.60. The van der Waals surface area contributed by atoms with Gasteiger partial charge in [0, 0.05) is 12.2 Å². The first kappa shape index (κ1) is 14.6. The van der Waals surface area contributed by atoms with Crippen LogP contribution in [0.1, 0.15) is 57.4 Å². The molecule has 0 aromatic carbocycles. The quantitative estimate of drug-likeness (QED) is 0.605. The molecule has 0 saturated heterocycles. The molecule has 106 valence electrons. The maximum absolute atomic E-state index is 6.16. The van der Waals surface area contributed by atoms with Crippen LogP contribution in [0.2, 0.25) is 5.15 Å². The molecule has 1 aromatic heterocycles. The highest BCUT2D eigenvalue weighted by molar-refractivity contribution is 6.31. The molecule has 2 nitrogen and oxygen atoms in total. The molecule has 2 atom stereocenters. The number of rotatable bonds is 4. The van der Waals surface area contributed by atoms with Crippen molar-refractivity contribution in [3.8, 4) is 0 Å². The molecule has 1 N–H and O–H groups in total. The van der Waals surface area contributed by atoms with Crippen molar-refractivity contribution in [3.05, 3.63) is 23.0 Å². The van der Waals surface area contributed by atoms with Gasteiger partial charge in [0.25, 0.3) is 0 Å². The number of aromatic nitrogens is 1. The molecule has 1 heterocycles. The number of pyridine rings is 1. The Morgan fingerprint density at radius 2 is 2.16 bits per heavy atom. The Balaban J connectivity index is 1.94. The molecule has 1 saturated carbocycles. The van der Waals surface area contributed by atoms with Gasteiger partial charge in [-0.15, -0.1) is 0 Å². The maximum atomic E-state index is 6.16. The Hall–Kier alpha value is -0.760. The van der Waals surface area contributed by atoms with Gasteiger partial charge in [-0.05, 0) is 43.7 Å². The van der Waals surface area contributed by atoms with Crippen LogP contribution in [0, 0.1) is 12.8 Å². The summed E-state index contributed by atoms with van der Waals surface area (Å²) in [5.74, 6) is 0.933. The molecule has 0 amide bonds. The Bertz CT molecular complexity index is 406. The Labute approximate surface area is 122 Å². The van der Waals surface area contributed by atoms with Crippen LogP contribution in [-0.2, 0) is 0 Å². The number of aryl methyl sites for hydroxylation is 1. The zero-order valence-electron chi connectivity index (χ0n) is 12.1. The fourth-order valence-corrected chi connectivity index (χ4v) is 3.25. The van der Waals surface area contributed by atoms with Crippen molar-refractivity contribution in [2.24, 2.45) is 5.92 Å². The van der Waals surface area contributed by atoms with Gasteiger partial charge in [-0.2, -0.15) is 0 Å².